The molecule has 2 saturated heterocycles. The molecule has 29 heavy (non-hydrogen) atoms. The van der Waals surface area contributed by atoms with Gasteiger partial charge in [-0.3, -0.25) is 9.78 Å². The van der Waals surface area contributed by atoms with Crippen molar-refractivity contribution in [3.8, 4) is 0 Å². The van der Waals surface area contributed by atoms with Gasteiger partial charge in [0.2, 0.25) is 0 Å². The molecule has 2 atom stereocenters. The highest BCUT2D eigenvalue weighted by molar-refractivity contribution is 6.31. The third-order valence-electron chi connectivity index (χ3n) is 6.27. The van der Waals surface area contributed by atoms with Gasteiger partial charge in [-0.05, 0) is 68.0 Å². The summed E-state index contributed by atoms with van der Waals surface area (Å²) in [7, 11) is 0. The minimum atomic E-state index is 0.137. The number of hydrogen-bond donors (Lipinski definition) is 1. The zero-order chi connectivity index (χ0) is 20.4. The second kappa shape index (κ2) is 8.72. The standard InChI is InChI=1S/C23H29ClN4O/c1-16-6-8-25-11-21(16)23(29)28-14-18-12-27(13-19(18)15-28)9-3-7-26-20-5-4-17(2)22(24)10-20/h4-6,8,10-11,18-19,26H,3,7,9,12-15H2,1-2H3. The molecule has 0 spiro atoms. The van der Waals surface area contributed by atoms with Crippen LogP contribution in [0.2, 0.25) is 5.02 Å². The van der Waals surface area contributed by atoms with Crippen LogP contribution in [0.5, 0.6) is 0 Å². The average molecular weight is 413 g/mol. The van der Waals surface area contributed by atoms with E-state index >= 15 is 0 Å². The number of anilines is 1. The number of likely N-dealkylation sites (tertiary alicyclic amines) is 2. The summed E-state index contributed by atoms with van der Waals surface area (Å²) in [5, 5.41) is 4.27. The molecular weight excluding hydrogens is 384 g/mol. The van der Waals surface area contributed by atoms with E-state index in [1.165, 1.54) is 0 Å². The van der Waals surface area contributed by atoms with Crippen LogP contribution >= 0.6 is 11.6 Å². The van der Waals surface area contributed by atoms with E-state index in [0.717, 1.165) is 73.1 Å². The summed E-state index contributed by atoms with van der Waals surface area (Å²) >= 11 is 6.19. The number of rotatable bonds is 6. The van der Waals surface area contributed by atoms with Gasteiger partial charge in [-0.2, -0.15) is 0 Å². The number of fused-ring (bicyclic) bond motifs is 1. The molecule has 2 fully saturated rings. The van der Waals surface area contributed by atoms with Gasteiger partial charge in [-0.25, -0.2) is 0 Å². The third-order valence-corrected chi connectivity index (χ3v) is 6.68. The highest BCUT2D eigenvalue weighted by Gasteiger charge is 2.41. The summed E-state index contributed by atoms with van der Waals surface area (Å²) in [4.78, 5) is 21.5. The zero-order valence-electron chi connectivity index (χ0n) is 17.2. The Kier molecular flexibility index (Phi) is 6.07. The molecule has 0 bridgehead atoms. The number of aromatic nitrogens is 1. The van der Waals surface area contributed by atoms with Gasteiger partial charge in [-0.15, -0.1) is 0 Å². The van der Waals surface area contributed by atoms with Gasteiger partial charge < -0.3 is 15.1 Å². The molecule has 4 rings (SSSR count). The molecule has 2 aromatic rings. The lowest BCUT2D eigenvalue weighted by Crippen LogP contribution is -2.34. The van der Waals surface area contributed by atoms with E-state index in [1.807, 2.05) is 36.9 Å². The van der Waals surface area contributed by atoms with Crippen LogP contribution in [0.25, 0.3) is 0 Å². The van der Waals surface area contributed by atoms with Crippen molar-refractivity contribution < 1.29 is 4.79 Å². The highest BCUT2D eigenvalue weighted by atomic mass is 35.5. The van der Waals surface area contributed by atoms with Gasteiger partial charge in [0, 0.05) is 55.8 Å². The zero-order valence-corrected chi connectivity index (χ0v) is 18.0. The monoisotopic (exact) mass is 412 g/mol. The number of pyridine rings is 1. The van der Waals surface area contributed by atoms with Crippen LogP contribution in [0, 0.1) is 25.7 Å². The average Bonchev–Trinajstić information content (AvgIpc) is 3.26. The minimum Gasteiger partial charge on any atom is -0.385 e. The molecule has 5 nitrogen and oxygen atoms in total. The van der Waals surface area contributed by atoms with Gasteiger partial charge in [0.05, 0.1) is 5.56 Å². The fourth-order valence-corrected chi connectivity index (χ4v) is 4.72. The number of carbonyl (C=O) groups excluding carboxylic acids is 1. The van der Waals surface area contributed by atoms with E-state index in [2.05, 4.69) is 21.3 Å². The van der Waals surface area contributed by atoms with Crippen molar-refractivity contribution in [2.45, 2.75) is 20.3 Å². The molecule has 3 heterocycles. The van der Waals surface area contributed by atoms with Crippen molar-refractivity contribution in [2.75, 3.05) is 44.6 Å². The molecule has 2 unspecified atom stereocenters. The Morgan fingerprint density at radius 1 is 1.14 bits per heavy atom. The molecule has 1 amide bonds. The van der Waals surface area contributed by atoms with Crippen LogP contribution in [-0.2, 0) is 0 Å². The van der Waals surface area contributed by atoms with Crippen LogP contribution in [0.4, 0.5) is 5.69 Å². The second-order valence-corrected chi connectivity index (χ2v) is 8.83. The van der Waals surface area contributed by atoms with E-state index in [-0.39, 0.29) is 5.91 Å². The van der Waals surface area contributed by atoms with E-state index in [1.54, 1.807) is 12.4 Å². The van der Waals surface area contributed by atoms with Crippen molar-refractivity contribution in [1.29, 1.82) is 0 Å². The van der Waals surface area contributed by atoms with Crippen molar-refractivity contribution in [1.82, 2.24) is 14.8 Å². The Labute approximate surface area is 178 Å². The summed E-state index contributed by atoms with van der Waals surface area (Å²) in [6.07, 6.45) is 4.54. The van der Waals surface area contributed by atoms with Crippen molar-refractivity contribution in [2.24, 2.45) is 11.8 Å². The van der Waals surface area contributed by atoms with E-state index < -0.39 is 0 Å². The first-order valence-corrected chi connectivity index (χ1v) is 10.8. The first-order chi connectivity index (χ1) is 14.0. The highest BCUT2D eigenvalue weighted by Crippen LogP contribution is 2.32. The van der Waals surface area contributed by atoms with Crippen molar-refractivity contribution in [3.05, 3.63) is 58.4 Å². The fraction of sp³-hybridized carbons (Fsp3) is 0.478. The minimum absolute atomic E-state index is 0.137. The lowest BCUT2D eigenvalue weighted by Gasteiger charge is -2.22. The summed E-state index contributed by atoms with van der Waals surface area (Å²) in [5.41, 5.74) is 3.93. The van der Waals surface area contributed by atoms with Crippen LogP contribution in [-0.4, -0.2) is 60.0 Å². The Bertz CT molecular complexity index is 873. The second-order valence-electron chi connectivity index (χ2n) is 8.42. The predicted molar refractivity (Wildman–Crippen MR) is 118 cm³/mol. The number of hydrogen-bond acceptors (Lipinski definition) is 4. The molecule has 2 aliphatic heterocycles. The number of halogens is 1. The number of amides is 1. The Balaban J connectivity index is 1.21. The quantitative estimate of drug-likeness (QED) is 0.732. The summed E-state index contributed by atoms with van der Waals surface area (Å²) < 4.78 is 0. The van der Waals surface area contributed by atoms with Gasteiger partial charge >= 0.3 is 0 Å². The van der Waals surface area contributed by atoms with E-state index in [0.29, 0.717) is 11.8 Å². The maximum atomic E-state index is 12.8. The van der Waals surface area contributed by atoms with E-state index in [9.17, 15) is 4.79 Å². The molecule has 0 aliphatic carbocycles. The van der Waals surface area contributed by atoms with Crippen LogP contribution in [0.3, 0.4) is 0 Å². The maximum absolute atomic E-state index is 12.8. The van der Waals surface area contributed by atoms with Gasteiger partial charge in [-0.1, -0.05) is 17.7 Å². The van der Waals surface area contributed by atoms with Crippen molar-refractivity contribution >= 4 is 23.2 Å². The summed E-state index contributed by atoms with van der Waals surface area (Å²) in [6.45, 7) is 9.96. The Morgan fingerprint density at radius 3 is 2.59 bits per heavy atom. The third kappa shape index (κ3) is 4.57. The summed E-state index contributed by atoms with van der Waals surface area (Å²) in [6, 6.07) is 8.03. The Morgan fingerprint density at radius 2 is 1.90 bits per heavy atom. The molecule has 1 aromatic carbocycles. The predicted octanol–water partition coefficient (Wildman–Crippen LogP) is 3.86. The largest absolute Gasteiger partial charge is 0.385 e. The lowest BCUT2D eigenvalue weighted by atomic mass is 10.0. The number of carbonyl (C=O) groups is 1. The van der Waals surface area contributed by atoms with Crippen LogP contribution in [0.15, 0.2) is 36.7 Å². The van der Waals surface area contributed by atoms with Gasteiger partial charge in [0.25, 0.3) is 5.91 Å². The molecule has 1 N–H and O–H groups in total. The number of nitrogens with one attached hydrogen (secondary N) is 1. The first kappa shape index (κ1) is 20.2. The number of aryl methyl sites for hydroxylation is 2. The molecule has 2 aliphatic rings. The van der Waals surface area contributed by atoms with Crippen molar-refractivity contribution in [3.63, 3.8) is 0 Å². The molecule has 0 radical (unpaired) electrons. The molecule has 1 aromatic heterocycles. The molecule has 0 saturated carbocycles. The lowest BCUT2D eigenvalue weighted by molar-refractivity contribution is 0.0773. The SMILES string of the molecule is Cc1ccc(NCCCN2CC3CN(C(=O)c4cnccc4C)CC3C2)cc1Cl. The maximum Gasteiger partial charge on any atom is 0.255 e. The topological polar surface area (TPSA) is 48.5 Å². The first-order valence-electron chi connectivity index (χ1n) is 10.4. The fourth-order valence-electron chi connectivity index (χ4n) is 4.54. The normalized spacial score (nSPS) is 21.4. The smallest absolute Gasteiger partial charge is 0.255 e. The molecule has 6 heteroatoms. The number of benzene rings is 1. The molecule has 154 valence electrons. The van der Waals surface area contributed by atoms with Crippen LogP contribution in [0.1, 0.15) is 27.9 Å². The summed E-state index contributed by atoms with van der Waals surface area (Å²) in [5.74, 6) is 1.33. The van der Waals surface area contributed by atoms with Gasteiger partial charge in [0.15, 0.2) is 0 Å². The van der Waals surface area contributed by atoms with E-state index in [4.69, 9.17) is 11.6 Å². The Hall–Kier alpha value is -2.11. The number of nitrogens with zero attached hydrogens (tertiary/aromatic N) is 3. The van der Waals surface area contributed by atoms with Gasteiger partial charge in [0.1, 0.15) is 0 Å². The molecular formula is C23H29ClN4O. The van der Waals surface area contributed by atoms with Crippen LogP contribution < -0.4 is 5.32 Å².